The minimum absolute atomic E-state index is 0.0246. The van der Waals surface area contributed by atoms with Gasteiger partial charge in [0.1, 0.15) is 0 Å². The number of Topliss-reactive ketones (excluding diaryl/α,β-unsaturated/α-hetero) is 1. The lowest BCUT2D eigenvalue weighted by molar-refractivity contribution is -0.129. The fourth-order valence-electron chi connectivity index (χ4n) is 1.21. The second-order valence-corrected chi connectivity index (χ2v) is 4.02. The van der Waals surface area contributed by atoms with Gasteiger partial charge in [-0.1, -0.05) is 12.1 Å². The maximum atomic E-state index is 11.9. The van der Waals surface area contributed by atoms with Gasteiger partial charge in [-0.2, -0.15) is 4.98 Å². The van der Waals surface area contributed by atoms with Gasteiger partial charge in [-0.15, -0.1) is 0 Å². The third kappa shape index (κ3) is 2.03. The summed E-state index contributed by atoms with van der Waals surface area (Å²) >= 11 is 0. The average Bonchev–Trinajstić information content (AvgIpc) is 2.76. The SMILES string of the molecule is CC1(c2noc(CC(=O)C(F)F)n2)CC1. The molecule has 0 aliphatic heterocycles. The van der Waals surface area contributed by atoms with Gasteiger partial charge in [-0.25, -0.2) is 8.78 Å². The van der Waals surface area contributed by atoms with Gasteiger partial charge in [-0.3, -0.25) is 4.79 Å². The van der Waals surface area contributed by atoms with E-state index in [1.165, 1.54) is 0 Å². The minimum atomic E-state index is -2.98. The van der Waals surface area contributed by atoms with Crippen molar-refractivity contribution in [3.63, 3.8) is 0 Å². The quantitative estimate of drug-likeness (QED) is 0.765. The van der Waals surface area contributed by atoms with Crippen LogP contribution in [0.4, 0.5) is 8.78 Å². The molecule has 82 valence electrons. The topological polar surface area (TPSA) is 56.0 Å². The molecule has 1 aromatic rings. The van der Waals surface area contributed by atoms with E-state index in [1.807, 2.05) is 6.92 Å². The third-order valence-corrected chi connectivity index (χ3v) is 2.58. The summed E-state index contributed by atoms with van der Waals surface area (Å²) in [5, 5.41) is 3.68. The van der Waals surface area contributed by atoms with Gasteiger partial charge in [0.15, 0.2) is 5.82 Å². The minimum Gasteiger partial charge on any atom is -0.339 e. The van der Waals surface area contributed by atoms with Gasteiger partial charge in [-0.05, 0) is 12.8 Å². The van der Waals surface area contributed by atoms with Crippen LogP contribution in [0.1, 0.15) is 31.5 Å². The second-order valence-electron chi connectivity index (χ2n) is 4.02. The van der Waals surface area contributed by atoms with Gasteiger partial charge in [0, 0.05) is 5.41 Å². The summed E-state index contributed by atoms with van der Waals surface area (Å²) in [6.45, 7) is 1.97. The standard InChI is InChI=1S/C9H10F2N2O2/c1-9(2-3-9)8-12-6(15-13-8)4-5(14)7(10)11/h7H,2-4H2,1H3. The number of halogens is 2. The van der Waals surface area contributed by atoms with Crippen LogP contribution in [0.3, 0.4) is 0 Å². The molecule has 1 fully saturated rings. The van der Waals surface area contributed by atoms with Crippen LogP contribution in [-0.2, 0) is 16.6 Å². The van der Waals surface area contributed by atoms with Crippen molar-refractivity contribution in [3.05, 3.63) is 11.7 Å². The molecule has 15 heavy (non-hydrogen) atoms. The highest BCUT2D eigenvalue weighted by molar-refractivity contribution is 5.82. The summed E-state index contributed by atoms with van der Waals surface area (Å²) in [6.07, 6.45) is -1.53. The molecule has 0 unspecified atom stereocenters. The molecule has 1 saturated carbocycles. The van der Waals surface area contributed by atoms with Crippen LogP contribution in [-0.4, -0.2) is 22.3 Å². The molecule has 0 radical (unpaired) electrons. The molecule has 1 aliphatic rings. The van der Waals surface area contributed by atoms with E-state index in [4.69, 9.17) is 4.52 Å². The van der Waals surface area contributed by atoms with Crippen molar-refractivity contribution in [2.75, 3.05) is 0 Å². The summed E-state index contributed by atoms with van der Waals surface area (Å²) < 4.78 is 28.6. The van der Waals surface area contributed by atoms with E-state index in [2.05, 4.69) is 10.1 Å². The first kappa shape index (κ1) is 10.2. The zero-order valence-corrected chi connectivity index (χ0v) is 8.17. The Morgan fingerprint density at radius 2 is 2.27 bits per heavy atom. The third-order valence-electron chi connectivity index (χ3n) is 2.58. The van der Waals surface area contributed by atoms with E-state index in [-0.39, 0.29) is 11.3 Å². The first-order chi connectivity index (χ1) is 7.01. The van der Waals surface area contributed by atoms with Crippen LogP contribution in [0.15, 0.2) is 4.52 Å². The highest BCUT2D eigenvalue weighted by atomic mass is 19.3. The van der Waals surface area contributed by atoms with Crippen molar-refractivity contribution < 1.29 is 18.1 Å². The van der Waals surface area contributed by atoms with E-state index in [0.29, 0.717) is 5.82 Å². The predicted molar refractivity (Wildman–Crippen MR) is 45.6 cm³/mol. The molecular weight excluding hydrogens is 206 g/mol. The molecule has 6 heteroatoms. The van der Waals surface area contributed by atoms with Crippen molar-refractivity contribution in [2.45, 2.75) is 38.0 Å². The molecular formula is C9H10F2N2O2. The summed E-state index contributed by atoms with van der Waals surface area (Å²) in [5.74, 6) is -0.700. The molecule has 4 nitrogen and oxygen atoms in total. The van der Waals surface area contributed by atoms with E-state index in [9.17, 15) is 13.6 Å². The Morgan fingerprint density at radius 3 is 2.80 bits per heavy atom. The average molecular weight is 216 g/mol. The molecule has 0 atom stereocenters. The first-order valence-electron chi connectivity index (χ1n) is 4.65. The van der Waals surface area contributed by atoms with E-state index < -0.39 is 18.6 Å². The van der Waals surface area contributed by atoms with Crippen LogP contribution in [0.5, 0.6) is 0 Å². The van der Waals surface area contributed by atoms with Gasteiger partial charge in [0.2, 0.25) is 11.7 Å². The van der Waals surface area contributed by atoms with Gasteiger partial charge >= 0.3 is 0 Å². The predicted octanol–water partition coefficient (Wildman–Crippen LogP) is 1.50. The number of hydrogen-bond acceptors (Lipinski definition) is 4. The molecule has 0 saturated heterocycles. The zero-order valence-electron chi connectivity index (χ0n) is 8.17. The van der Waals surface area contributed by atoms with Crippen LogP contribution in [0.2, 0.25) is 0 Å². The Balaban J connectivity index is 2.04. The number of carbonyl (C=O) groups is 1. The molecule has 0 aromatic carbocycles. The summed E-state index contributed by atoms with van der Waals surface area (Å²) in [6, 6.07) is 0. The number of rotatable bonds is 4. The monoisotopic (exact) mass is 216 g/mol. The van der Waals surface area contributed by atoms with E-state index in [0.717, 1.165) is 12.8 Å². The number of alkyl halides is 2. The molecule has 1 aliphatic carbocycles. The molecule has 0 amide bonds. The van der Waals surface area contributed by atoms with Crippen molar-refractivity contribution in [1.29, 1.82) is 0 Å². The van der Waals surface area contributed by atoms with Crippen LogP contribution >= 0.6 is 0 Å². The van der Waals surface area contributed by atoms with Crippen LogP contribution in [0, 0.1) is 0 Å². The number of ketones is 1. The summed E-state index contributed by atoms with van der Waals surface area (Å²) in [4.78, 5) is 14.6. The Hall–Kier alpha value is -1.33. The highest BCUT2D eigenvalue weighted by Gasteiger charge is 2.43. The van der Waals surface area contributed by atoms with Gasteiger partial charge in [0.05, 0.1) is 6.42 Å². The highest BCUT2D eigenvalue weighted by Crippen LogP contribution is 2.45. The maximum Gasteiger partial charge on any atom is 0.296 e. The Labute approximate surface area is 84.7 Å². The smallest absolute Gasteiger partial charge is 0.296 e. The Morgan fingerprint density at radius 1 is 1.60 bits per heavy atom. The maximum absolute atomic E-state index is 11.9. The molecule has 0 spiro atoms. The largest absolute Gasteiger partial charge is 0.339 e. The van der Waals surface area contributed by atoms with E-state index >= 15 is 0 Å². The van der Waals surface area contributed by atoms with Crippen LogP contribution < -0.4 is 0 Å². The van der Waals surface area contributed by atoms with Crippen molar-refractivity contribution in [3.8, 4) is 0 Å². The Bertz CT molecular complexity index is 385. The van der Waals surface area contributed by atoms with Crippen molar-refractivity contribution in [2.24, 2.45) is 0 Å². The zero-order chi connectivity index (χ0) is 11.1. The van der Waals surface area contributed by atoms with Crippen molar-refractivity contribution in [1.82, 2.24) is 10.1 Å². The fourth-order valence-corrected chi connectivity index (χ4v) is 1.21. The number of aromatic nitrogens is 2. The first-order valence-corrected chi connectivity index (χ1v) is 4.65. The second kappa shape index (κ2) is 3.36. The normalized spacial score (nSPS) is 18.1. The fraction of sp³-hybridized carbons (Fsp3) is 0.667. The van der Waals surface area contributed by atoms with Crippen LogP contribution in [0.25, 0.3) is 0 Å². The number of hydrogen-bond donors (Lipinski definition) is 0. The number of nitrogens with zero attached hydrogens (tertiary/aromatic N) is 2. The van der Waals surface area contributed by atoms with E-state index in [1.54, 1.807) is 0 Å². The molecule has 1 heterocycles. The summed E-state index contributed by atoms with van der Waals surface area (Å²) in [7, 11) is 0. The number of carbonyl (C=O) groups excluding carboxylic acids is 1. The molecule has 2 rings (SSSR count). The van der Waals surface area contributed by atoms with Gasteiger partial charge < -0.3 is 4.52 Å². The lowest BCUT2D eigenvalue weighted by Crippen LogP contribution is -2.13. The molecule has 0 bridgehead atoms. The lowest BCUT2D eigenvalue weighted by Gasteiger charge is -1.97. The lowest BCUT2D eigenvalue weighted by atomic mass is 10.1. The molecule has 1 aromatic heterocycles. The van der Waals surface area contributed by atoms with Crippen molar-refractivity contribution >= 4 is 5.78 Å². The van der Waals surface area contributed by atoms with Gasteiger partial charge in [0.25, 0.3) is 6.43 Å². The molecule has 0 N–H and O–H groups in total. The Kier molecular flexibility index (Phi) is 2.28. The summed E-state index contributed by atoms with van der Waals surface area (Å²) in [5.41, 5.74) is -0.0738.